The smallest absolute Gasteiger partial charge is 0.174 e. The Labute approximate surface area is 184 Å². The Morgan fingerprint density at radius 2 is 1.97 bits per heavy atom. The fourth-order valence-corrected chi connectivity index (χ4v) is 7.97. The molecule has 2 aliphatic heterocycles. The van der Waals surface area contributed by atoms with Crippen molar-refractivity contribution >= 4 is 5.78 Å². The van der Waals surface area contributed by atoms with Gasteiger partial charge in [-0.25, -0.2) is 0 Å². The number of Topliss-reactive ketones (excluding diaryl/α,β-unsaturated/α-hetero) is 1. The minimum absolute atomic E-state index is 0.180. The van der Waals surface area contributed by atoms with Gasteiger partial charge in [-0.15, -0.1) is 0 Å². The van der Waals surface area contributed by atoms with Crippen molar-refractivity contribution in [3.8, 4) is 11.5 Å². The van der Waals surface area contributed by atoms with E-state index in [1.54, 1.807) is 6.07 Å². The van der Waals surface area contributed by atoms with E-state index >= 15 is 0 Å². The van der Waals surface area contributed by atoms with E-state index in [9.17, 15) is 9.90 Å². The second kappa shape index (κ2) is 6.48. The summed E-state index contributed by atoms with van der Waals surface area (Å²) in [6.07, 6.45) is 10.5. The van der Waals surface area contributed by atoms with Crippen LogP contribution in [0.15, 0.2) is 12.1 Å². The summed E-state index contributed by atoms with van der Waals surface area (Å²) in [5, 5.41) is 10.7. The SMILES string of the molecule is O=C1CCC2(OCC3CCCC3)[C@H]3Cc4ccc(O)c5c4[C@@]2(CCN3CC2CC2)C1O5. The van der Waals surface area contributed by atoms with E-state index in [-0.39, 0.29) is 17.1 Å². The molecule has 31 heavy (non-hydrogen) atoms. The number of carbonyl (C=O) groups excluding carboxylic acids is 1. The molecule has 1 N–H and O–H groups in total. The summed E-state index contributed by atoms with van der Waals surface area (Å²) in [4.78, 5) is 15.9. The number of phenols is 1. The maximum absolute atomic E-state index is 13.2. The molecule has 2 bridgehead atoms. The van der Waals surface area contributed by atoms with Gasteiger partial charge in [0, 0.05) is 24.6 Å². The lowest BCUT2D eigenvalue weighted by molar-refractivity contribution is -0.217. The van der Waals surface area contributed by atoms with Crippen LogP contribution in [0, 0.1) is 11.8 Å². The summed E-state index contributed by atoms with van der Waals surface area (Å²) in [5.41, 5.74) is 1.55. The molecule has 1 aromatic rings. The molecule has 4 aliphatic carbocycles. The van der Waals surface area contributed by atoms with E-state index in [0.717, 1.165) is 50.4 Å². The fourth-order valence-electron chi connectivity index (χ4n) is 7.97. The molecule has 6 aliphatic rings. The molecule has 166 valence electrons. The highest BCUT2D eigenvalue weighted by Gasteiger charge is 2.74. The maximum atomic E-state index is 13.2. The first kappa shape index (κ1) is 18.9. The summed E-state index contributed by atoms with van der Waals surface area (Å²) in [6.45, 7) is 2.96. The molecule has 0 amide bonds. The molecule has 5 nitrogen and oxygen atoms in total. The molecule has 4 atom stereocenters. The van der Waals surface area contributed by atoms with Crippen molar-refractivity contribution in [3.05, 3.63) is 23.3 Å². The Balaban J connectivity index is 1.38. The summed E-state index contributed by atoms with van der Waals surface area (Å²) < 4.78 is 13.5. The topological polar surface area (TPSA) is 59.0 Å². The zero-order valence-corrected chi connectivity index (χ0v) is 18.3. The second-order valence-corrected chi connectivity index (χ2v) is 11.1. The average Bonchev–Trinajstić information content (AvgIpc) is 3.28. The lowest BCUT2D eigenvalue weighted by Gasteiger charge is -2.64. The van der Waals surface area contributed by atoms with Crippen molar-refractivity contribution < 1.29 is 19.4 Å². The summed E-state index contributed by atoms with van der Waals surface area (Å²) >= 11 is 0. The van der Waals surface area contributed by atoms with Crippen molar-refractivity contribution in [2.45, 2.75) is 87.4 Å². The van der Waals surface area contributed by atoms with E-state index in [1.165, 1.54) is 44.1 Å². The van der Waals surface area contributed by atoms with Crippen LogP contribution in [0.2, 0.25) is 0 Å². The number of aromatic hydroxyl groups is 1. The molecule has 0 aromatic heterocycles. The Hall–Kier alpha value is -1.59. The van der Waals surface area contributed by atoms with Gasteiger partial charge in [-0.05, 0) is 75.0 Å². The number of likely N-dealkylation sites (tertiary alicyclic amines) is 1. The predicted molar refractivity (Wildman–Crippen MR) is 115 cm³/mol. The molecule has 7 rings (SSSR count). The van der Waals surface area contributed by atoms with E-state index in [2.05, 4.69) is 11.0 Å². The lowest BCUT2D eigenvalue weighted by Crippen LogP contribution is -2.77. The highest BCUT2D eigenvalue weighted by molar-refractivity contribution is 5.90. The number of rotatable bonds is 5. The first-order valence-electron chi connectivity index (χ1n) is 12.5. The van der Waals surface area contributed by atoms with Crippen LogP contribution < -0.4 is 4.74 Å². The van der Waals surface area contributed by atoms with Gasteiger partial charge in [-0.1, -0.05) is 18.9 Å². The zero-order chi connectivity index (χ0) is 20.8. The monoisotopic (exact) mass is 423 g/mol. The van der Waals surface area contributed by atoms with Gasteiger partial charge in [0.2, 0.25) is 0 Å². The lowest BCUT2D eigenvalue weighted by atomic mass is 9.48. The van der Waals surface area contributed by atoms with E-state index < -0.39 is 11.5 Å². The Morgan fingerprint density at radius 1 is 1.13 bits per heavy atom. The Bertz CT molecular complexity index is 936. The number of ether oxygens (including phenoxy) is 2. The van der Waals surface area contributed by atoms with Gasteiger partial charge in [0.15, 0.2) is 23.4 Å². The number of carbonyl (C=O) groups is 1. The Kier molecular flexibility index (Phi) is 3.95. The van der Waals surface area contributed by atoms with Gasteiger partial charge in [0.1, 0.15) is 0 Å². The molecule has 5 heteroatoms. The Morgan fingerprint density at radius 3 is 2.77 bits per heavy atom. The number of piperidine rings is 1. The molecular formula is C26H33NO4. The minimum atomic E-state index is -0.502. The summed E-state index contributed by atoms with van der Waals surface area (Å²) in [6, 6.07) is 4.14. The van der Waals surface area contributed by atoms with Crippen molar-refractivity contribution in [3.63, 3.8) is 0 Å². The van der Waals surface area contributed by atoms with Crippen LogP contribution in [-0.4, -0.2) is 53.2 Å². The van der Waals surface area contributed by atoms with Gasteiger partial charge >= 0.3 is 0 Å². The predicted octanol–water partition coefficient (Wildman–Crippen LogP) is 3.74. The van der Waals surface area contributed by atoms with E-state index in [0.29, 0.717) is 24.1 Å². The van der Waals surface area contributed by atoms with Crippen LogP contribution in [0.3, 0.4) is 0 Å². The van der Waals surface area contributed by atoms with Crippen molar-refractivity contribution in [2.24, 2.45) is 11.8 Å². The molecule has 4 fully saturated rings. The molecule has 0 radical (unpaired) electrons. The normalized spacial score (nSPS) is 38.9. The van der Waals surface area contributed by atoms with Crippen molar-refractivity contribution in [1.29, 1.82) is 0 Å². The van der Waals surface area contributed by atoms with Crippen LogP contribution in [0.5, 0.6) is 11.5 Å². The fraction of sp³-hybridized carbons (Fsp3) is 0.731. The molecule has 3 saturated carbocycles. The van der Waals surface area contributed by atoms with Gasteiger partial charge in [-0.3, -0.25) is 9.69 Å². The zero-order valence-electron chi connectivity index (χ0n) is 18.3. The molecule has 2 heterocycles. The second-order valence-electron chi connectivity index (χ2n) is 11.1. The third-order valence-corrected chi connectivity index (χ3v) is 9.57. The summed E-state index contributed by atoms with van der Waals surface area (Å²) in [7, 11) is 0. The molecule has 1 aromatic carbocycles. The van der Waals surface area contributed by atoms with Gasteiger partial charge in [0.05, 0.1) is 17.6 Å². The van der Waals surface area contributed by atoms with Crippen LogP contribution in [0.4, 0.5) is 0 Å². The third kappa shape index (κ3) is 2.42. The quantitative estimate of drug-likeness (QED) is 0.782. The largest absolute Gasteiger partial charge is 0.504 e. The standard InChI is InChI=1S/C26H33NO4/c28-19-8-7-18-13-21-26(30-15-17-3-1-2-4-17)10-9-20(29)24-25(26,22(18)23(19)31-24)11-12-27(21)14-16-5-6-16/h7-8,16-17,21,24,28H,1-6,9-15H2/t21-,24?,25+,26?/m1/s1. The maximum Gasteiger partial charge on any atom is 0.174 e. The average molecular weight is 424 g/mol. The number of ketones is 1. The third-order valence-electron chi connectivity index (χ3n) is 9.57. The summed E-state index contributed by atoms with van der Waals surface area (Å²) in [5.74, 6) is 2.42. The van der Waals surface area contributed by atoms with E-state index in [1.807, 2.05) is 0 Å². The van der Waals surface area contributed by atoms with Crippen LogP contribution in [0.1, 0.15) is 68.9 Å². The molecule has 1 spiro atoms. The highest BCUT2D eigenvalue weighted by atomic mass is 16.5. The molecular weight excluding hydrogens is 390 g/mol. The van der Waals surface area contributed by atoms with Crippen LogP contribution >= 0.6 is 0 Å². The number of hydrogen-bond donors (Lipinski definition) is 1. The van der Waals surface area contributed by atoms with Crippen molar-refractivity contribution in [2.75, 3.05) is 19.7 Å². The minimum Gasteiger partial charge on any atom is -0.504 e. The molecule has 2 unspecified atom stereocenters. The van der Waals surface area contributed by atoms with Crippen LogP contribution in [-0.2, 0) is 21.4 Å². The first-order valence-corrected chi connectivity index (χ1v) is 12.5. The number of nitrogens with zero attached hydrogens (tertiary/aromatic N) is 1. The van der Waals surface area contributed by atoms with Crippen molar-refractivity contribution in [1.82, 2.24) is 4.90 Å². The molecule has 1 saturated heterocycles. The number of benzene rings is 1. The van der Waals surface area contributed by atoms with Gasteiger partial charge in [-0.2, -0.15) is 0 Å². The van der Waals surface area contributed by atoms with Crippen LogP contribution in [0.25, 0.3) is 0 Å². The van der Waals surface area contributed by atoms with E-state index in [4.69, 9.17) is 9.47 Å². The number of phenolic OH excluding ortho intramolecular Hbond substituents is 1. The first-order chi connectivity index (χ1) is 15.1. The van der Waals surface area contributed by atoms with Gasteiger partial charge in [0.25, 0.3) is 0 Å². The number of hydrogen-bond acceptors (Lipinski definition) is 5. The van der Waals surface area contributed by atoms with Gasteiger partial charge < -0.3 is 14.6 Å². The highest BCUT2D eigenvalue weighted by Crippen LogP contribution is 2.66.